The van der Waals surface area contributed by atoms with E-state index in [1.165, 1.54) is 4.31 Å². The fraction of sp³-hybridized carbons (Fsp3) is 0.333. The van der Waals surface area contributed by atoms with Crippen LogP contribution in [0.25, 0.3) is 22.2 Å². The fourth-order valence-corrected chi connectivity index (χ4v) is 7.21. The first-order valence-corrected chi connectivity index (χ1v) is 17.9. The number of rotatable bonds is 12. The van der Waals surface area contributed by atoms with E-state index in [-0.39, 0.29) is 10.9 Å². The van der Waals surface area contributed by atoms with E-state index in [2.05, 4.69) is 23.6 Å². The number of aryl methyl sites for hydroxylation is 2. The van der Waals surface area contributed by atoms with Gasteiger partial charge in [-0.05, 0) is 93.6 Å². The summed E-state index contributed by atoms with van der Waals surface area (Å²) in [6, 6.07) is 28.5. The summed E-state index contributed by atoms with van der Waals surface area (Å²) in [6.45, 7) is 12.6. The number of anilines is 1. The zero-order valence-corrected chi connectivity index (χ0v) is 29.1. The van der Waals surface area contributed by atoms with Gasteiger partial charge in [0.25, 0.3) is 10.0 Å². The molecule has 0 amide bonds. The number of ether oxygens (including phenoxy) is 1. The van der Waals surface area contributed by atoms with Gasteiger partial charge in [0.2, 0.25) is 0 Å². The fourth-order valence-electron chi connectivity index (χ4n) is 5.67. The maximum absolute atomic E-state index is 13.9. The lowest BCUT2D eigenvalue weighted by Gasteiger charge is -2.24. The molecule has 47 heavy (non-hydrogen) atoms. The Morgan fingerprint density at radius 2 is 1.60 bits per heavy atom. The number of aromatic nitrogens is 2. The van der Waals surface area contributed by atoms with E-state index in [0.29, 0.717) is 30.8 Å². The molecule has 0 N–H and O–H groups in total. The zero-order valence-electron chi connectivity index (χ0n) is 28.3. The van der Waals surface area contributed by atoms with E-state index in [1.807, 2.05) is 95.3 Å². The maximum Gasteiger partial charge on any atom is 0.339 e. The average Bonchev–Trinajstić information content (AvgIpc) is 3.38. The van der Waals surface area contributed by atoms with Gasteiger partial charge in [-0.25, -0.2) is 18.2 Å². The normalized spacial score (nSPS) is 12.0. The average molecular weight is 652 g/mol. The molecule has 0 saturated carbocycles. The quantitative estimate of drug-likeness (QED) is 0.126. The lowest BCUT2D eigenvalue weighted by Crippen LogP contribution is -2.31. The molecule has 5 rings (SSSR count). The van der Waals surface area contributed by atoms with Gasteiger partial charge >= 0.3 is 5.97 Å². The highest BCUT2D eigenvalue weighted by atomic mass is 32.2. The molecule has 0 aliphatic rings. The summed E-state index contributed by atoms with van der Waals surface area (Å²) in [7, 11) is -3.76. The van der Waals surface area contributed by atoms with Gasteiger partial charge in [0, 0.05) is 19.5 Å². The van der Waals surface area contributed by atoms with Gasteiger partial charge in [-0.2, -0.15) is 0 Å². The van der Waals surface area contributed by atoms with Crippen LogP contribution >= 0.6 is 0 Å². The van der Waals surface area contributed by atoms with Gasteiger partial charge in [0.15, 0.2) is 0 Å². The van der Waals surface area contributed by atoms with Crippen molar-refractivity contribution in [2.75, 3.05) is 10.8 Å². The zero-order chi connectivity index (χ0) is 33.8. The minimum Gasteiger partial charge on any atom is -0.456 e. The molecule has 7 nitrogen and oxygen atoms in total. The molecule has 0 unspecified atom stereocenters. The second-order valence-corrected chi connectivity index (χ2v) is 14.9. The third kappa shape index (κ3) is 7.76. The van der Waals surface area contributed by atoms with Crippen LogP contribution in [0.1, 0.15) is 81.2 Å². The van der Waals surface area contributed by atoms with Crippen molar-refractivity contribution in [1.29, 1.82) is 0 Å². The molecule has 0 bridgehead atoms. The number of esters is 1. The highest BCUT2D eigenvalue weighted by Crippen LogP contribution is 2.31. The molecule has 1 heterocycles. The first-order chi connectivity index (χ1) is 22.4. The van der Waals surface area contributed by atoms with Crippen molar-refractivity contribution in [3.05, 3.63) is 114 Å². The van der Waals surface area contributed by atoms with E-state index >= 15 is 0 Å². The number of carbonyl (C=O) groups is 1. The molecular weight excluding hydrogens is 607 g/mol. The number of unbranched alkanes of at least 4 members (excludes halogenated alkanes) is 1. The molecule has 1 aromatic heterocycles. The van der Waals surface area contributed by atoms with Crippen LogP contribution in [0.5, 0.6) is 0 Å². The van der Waals surface area contributed by atoms with Crippen LogP contribution in [0.4, 0.5) is 5.69 Å². The molecule has 0 aliphatic carbocycles. The number of carbonyl (C=O) groups excluding carboxylic acids is 1. The van der Waals surface area contributed by atoms with Crippen molar-refractivity contribution in [1.82, 2.24) is 9.55 Å². The Labute approximate surface area is 279 Å². The topological polar surface area (TPSA) is 81.5 Å². The highest BCUT2D eigenvalue weighted by molar-refractivity contribution is 7.92. The number of hydrogen-bond acceptors (Lipinski definition) is 5. The molecule has 0 saturated heterocycles. The molecule has 4 aromatic carbocycles. The summed E-state index contributed by atoms with van der Waals surface area (Å²) in [5, 5.41) is 0. The standard InChI is InChI=1S/C39H45N3O4S/c1-7-9-14-37-40-35-24-21-31(42(25-8-2)47(44,45)32-22-15-28(3)16-23-32)26-36(35)41(37)27-29-17-19-30(20-18-29)33-12-10-11-13-34(33)38(43)46-39(4,5)6/h10-13,15-24,26H,7-9,14,25,27H2,1-6H3. The SMILES string of the molecule is CCCCc1nc2ccc(N(CCC)S(=O)(=O)c3ccc(C)cc3)cc2n1Cc1ccc(-c2ccccc2C(=O)OC(C)(C)C)cc1. The van der Waals surface area contributed by atoms with Gasteiger partial charge in [0.1, 0.15) is 11.4 Å². The monoisotopic (exact) mass is 651 g/mol. The highest BCUT2D eigenvalue weighted by Gasteiger charge is 2.26. The van der Waals surface area contributed by atoms with E-state index < -0.39 is 15.6 Å². The summed E-state index contributed by atoms with van der Waals surface area (Å²) in [4.78, 5) is 18.3. The third-order valence-corrected chi connectivity index (χ3v) is 9.88. The number of benzene rings is 4. The molecule has 8 heteroatoms. The molecular formula is C39H45N3O4S. The van der Waals surface area contributed by atoms with Crippen molar-refractivity contribution in [3.63, 3.8) is 0 Å². The molecule has 0 atom stereocenters. The predicted octanol–water partition coefficient (Wildman–Crippen LogP) is 8.96. The second kappa shape index (κ2) is 14.1. The Balaban J connectivity index is 1.51. The molecule has 0 aliphatic heterocycles. The van der Waals surface area contributed by atoms with Crippen molar-refractivity contribution in [2.45, 2.75) is 84.3 Å². The summed E-state index contributed by atoms with van der Waals surface area (Å²) >= 11 is 0. The second-order valence-electron chi connectivity index (χ2n) is 13.0. The minimum absolute atomic E-state index is 0.280. The Morgan fingerprint density at radius 1 is 0.894 bits per heavy atom. The van der Waals surface area contributed by atoms with E-state index in [0.717, 1.165) is 58.4 Å². The number of nitrogens with zero attached hydrogens (tertiary/aromatic N) is 3. The first-order valence-electron chi connectivity index (χ1n) is 16.4. The summed E-state index contributed by atoms with van der Waals surface area (Å²) in [5.74, 6) is 0.627. The first kappa shape index (κ1) is 33.9. The van der Waals surface area contributed by atoms with Crippen molar-refractivity contribution >= 4 is 32.7 Å². The summed E-state index contributed by atoms with van der Waals surface area (Å²) in [5.41, 5.74) is 6.13. The van der Waals surface area contributed by atoms with Crippen LogP contribution in [-0.4, -0.2) is 36.1 Å². The number of imidazole rings is 1. The lowest BCUT2D eigenvalue weighted by atomic mass is 9.98. The van der Waals surface area contributed by atoms with Crippen molar-refractivity contribution in [3.8, 4) is 11.1 Å². The van der Waals surface area contributed by atoms with Gasteiger partial charge in [-0.3, -0.25) is 4.31 Å². The Kier molecular flexibility index (Phi) is 10.2. The van der Waals surface area contributed by atoms with Crippen LogP contribution in [-0.2, 0) is 27.7 Å². The van der Waals surface area contributed by atoms with E-state index in [4.69, 9.17) is 9.72 Å². The largest absolute Gasteiger partial charge is 0.456 e. The molecule has 0 radical (unpaired) electrons. The van der Waals surface area contributed by atoms with Crippen LogP contribution in [0.3, 0.4) is 0 Å². The molecule has 246 valence electrons. The molecule has 0 fully saturated rings. The number of fused-ring (bicyclic) bond motifs is 1. The minimum atomic E-state index is -3.76. The Morgan fingerprint density at radius 3 is 2.26 bits per heavy atom. The lowest BCUT2D eigenvalue weighted by molar-refractivity contribution is 0.00704. The Hall–Kier alpha value is -4.43. The predicted molar refractivity (Wildman–Crippen MR) is 190 cm³/mol. The van der Waals surface area contributed by atoms with Crippen LogP contribution in [0.2, 0.25) is 0 Å². The van der Waals surface area contributed by atoms with Gasteiger partial charge < -0.3 is 9.30 Å². The Bertz CT molecular complexity index is 1950. The number of hydrogen-bond donors (Lipinski definition) is 0. The van der Waals surface area contributed by atoms with Crippen molar-refractivity contribution in [2.24, 2.45) is 0 Å². The van der Waals surface area contributed by atoms with Crippen LogP contribution in [0, 0.1) is 6.92 Å². The number of sulfonamides is 1. The smallest absolute Gasteiger partial charge is 0.339 e. The van der Waals surface area contributed by atoms with Crippen LogP contribution in [0.15, 0.2) is 95.9 Å². The summed E-state index contributed by atoms with van der Waals surface area (Å²) in [6.07, 6.45) is 3.54. The molecule has 5 aromatic rings. The summed E-state index contributed by atoms with van der Waals surface area (Å²) < 4.78 is 37.1. The maximum atomic E-state index is 13.9. The van der Waals surface area contributed by atoms with Crippen LogP contribution < -0.4 is 4.31 Å². The van der Waals surface area contributed by atoms with Crippen molar-refractivity contribution < 1.29 is 17.9 Å². The van der Waals surface area contributed by atoms with Gasteiger partial charge in [-0.15, -0.1) is 0 Å². The van der Waals surface area contributed by atoms with Gasteiger partial charge in [0.05, 0.1) is 27.2 Å². The van der Waals surface area contributed by atoms with E-state index in [9.17, 15) is 13.2 Å². The molecule has 0 spiro atoms. The van der Waals surface area contributed by atoms with Gasteiger partial charge in [-0.1, -0.05) is 80.4 Å². The third-order valence-electron chi connectivity index (χ3n) is 8.04. The van der Waals surface area contributed by atoms with E-state index in [1.54, 1.807) is 18.2 Å².